The fourth-order valence-corrected chi connectivity index (χ4v) is 3.52. The number of rotatable bonds is 2. The van der Waals surface area contributed by atoms with E-state index < -0.39 is 0 Å². The molecule has 0 aromatic carbocycles. The van der Waals surface area contributed by atoms with Gasteiger partial charge in [0.1, 0.15) is 5.65 Å². The molecule has 0 saturated carbocycles. The zero-order chi connectivity index (χ0) is 14.3. The molecule has 1 atom stereocenters. The molecular weight excluding hydrogens is 318 g/mol. The highest BCUT2D eigenvalue weighted by Gasteiger charge is 2.25. The Morgan fingerprint density at radius 3 is 3.05 bits per heavy atom. The number of piperidine rings is 1. The number of pyridine rings is 1. The van der Waals surface area contributed by atoms with Gasteiger partial charge in [-0.2, -0.15) is 0 Å². The number of halogens is 1. The summed E-state index contributed by atoms with van der Waals surface area (Å²) < 4.78 is 1.01. The lowest BCUT2D eigenvalue weighted by Gasteiger charge is -2.38. The summed E-state index contributed by atoms with van der Waals surface area (Å²) in [4.78, 5) is 12.3. The highest BCUT2D eigenvalue weighted by molar-refractivity contribution is 9.10. The van der Waals surface area contributed by atoms with Crippen molar-refractivity contribution >= 4 is 38.3 Å². The van der Waals surface area contributed by atoms with Crippen LogP contribution in [0.4, 0.5) is 11.4 Å². The number of nitrogen functional groups attached to an aromatic ring is 1. The van der Waals surface area contributed by atoms with Crippen LogP contribution < -0.4 is 10.6 Å². The van der Waals surface area contributed by atoms with Crippen molar-refractivity contribution in [2.75, 3.05) is 37.8 Å². The van der Waals surface area contributed by atoms with E-state index in [1.807, 2.05) is 12.4 Å². The first kappa shape index (κ1) is 13.7. The standard InChI is InChI=1S/C14H20BrN5/c1-19(2)9-4-3-5-20(8-9)13-10(15)6-17-14-12(13)11(16)7-18-14/h6-7,9H,3-5,8,16H2,1-2H3,(H,17,18). The maximum Gasteiger partial charge on any atom is 0.141 e. The van der Waals surface area contributed by atoms with Gasteiger partial charge in [-0.3, -0.25) is 0 Å². The van der Waals surface area contributed by atoms with Crippen LogP contribution in [-0.4, -0.2) is 48.1 Å². The van der Waals surface area contributed by atoms with Crippen LogP contribution in [0.5, 0.6) is 0 Å². The van der Waals surface area contributed by atoms with Crippen molar-refractivity contribution in [3.8, 4) is 0 Å². The van der Waals surface area contributed by atoms with Crippen LogP contribution in [0.25, 0.3) is 11.0 Å². The predicted octanol–water partition coefficient (Wildman–Crippen LogP) is 2.44. The molecule has 0 amide bonds. The molecular formula is C14H20BrN5. The fraction of sp³-hybridized carbons (Fsp3) is 0.500. The molecule has 0 radical (unpaired) electrons. The zero-order valence-electron chi connectivity index (χ0n) is 11.9. The lowest BCUT2D eigenvalue weighted by atomic mass is 10.0. The Hall–Kier alpha value is -1.27. The average Bonchev–Trinajstić information content (AvgIpc) is 2.81. The Morgan fingerprint density at radius 1 is 1.50 bits per heavy atom. The Morgan fingerprint density at radius 2 is 2.30 bits per heavy atom. The minimum Gasteiger partial charge on any atom is -0.397 e. The first-order valence-corrected chi connectivity index (χ1v) is 7.69. The summed E-state index contributed by atoms with van der Waals surface area (Å²) in [5.74, 6) is 0. The molecule has 5 nitrogen and oxygen atoms in total. The van der Waals surface area contributed by atoms with Crippen LogP contribution >= 0.6 is 15.9 Å². The van der Waals surface area contributed by atoms with Crippen molar-refractivity contribution in [3.05, 3.63) is 16.9 Å². The van der Waals surface area contributed by atoms with Crippen molar-refractivity contribution < 1.29 is 0 Å². The highest BCUT2D eigenvalue weighted by Crippen LogP contribution is 2.37. The minimum absolute atomic E-state index is 0.582. The summed E-state index contributed by atoms with van der Waals surface area (Å²) >= 11 is 3.64. The van der Waals surface area contributed by atoms with E-state index in [4.69, 9.17) is 5.73 Å². The number of likely N-dealkylation sites (N-methyl/N-ethyl adjacent to an activating group) is 1. The first-order chi connectivity index (χ1) is 9.58. The van der Waals surface area contributed by atoms with Gasteiger partial charge in [0.15, 0.2) is 0 Å². The molecule has 3 rings (SSSR count). The number of aromatic amines is 1. The van der Waals surface area contributed by atoms with E-state index >= 15 is 0 Å². The number of nitrogens with zero attached hydrogens (tertiary/aromatic N) is 3. The quantitative estimate of drug-likeness (QED) is 0.883. The third-order valence-electron chi connectivity index (χ3n) is 4.10. The lowest BCUT2D eigenvalue weighted by Crippen LogP contribution is -2.45. The van der Waals surface area contributed by atoms with E-state index in [9.17, 15) is 0 Å². The van der Waals surface area contributed by atoms with Crippen LogP contribution in [0, 0.1) is 0 Å². The second-order valence-corrected chi connectivity index (χ2v) is 6.48. The fourth-order valence-electron chi connectivity index (χ4n) is 2.97. The van der Waals surface area contributed by atoms with Gasteiger partial charge in [-0.25, -0.2) is 4.98 Å². The maximum absolute atomic E-state index is 6.12. The second kappa shape index (κ2) is 5.26. The molecule has 3 N–H and O–H groups in total. The SMILES string of the molecule is CN(C)C1CCCN(c2c(Br)cnc3[nH]cc(N)c23)C1. The first-order valence-electron chi connectivity index (χ1n) is 6.90. The molecule has 1 fully saturated rings. The molecule has 2 aromatic rings. The molecule has 6 heteroatoms. The normalized spacial score (nSPS) is 20.0. The van der Waals surface area contributed by atoms with Crippen molar-refractivity contribution in [2.24, 2.45) is 0 Å². The van der Waals surface area contributed by atoms with E-state index in [2.05, 4.69) is 49.8 Å². The number of nitrogens with two attached hydrogens (primary N) is 1. The maximum atomic E-state index is 6.12. The Labute approximate surface area is 127 Å². The molecule has 1 saturated heterocycles. The van der Waals surface area contributed by atoms with Crippen LogP contribution in [0.3, 0.4) is 0 Å². The van der Waals surface area contributed by atoms with Gasteiger partial charge in [0.25, 0.3) is 0 Å². The Kier molecular flexibility index (Phi) is 3.60. The molecule has 1 aliphatic rings. The topological polar surface area (TPSA) is 61.2 Å². The highest BCUT2D eigenvalue weighted by atomic mass is 79.9. The Bertz CT molecular complexity index is 621. The molecule has 1 unspecified atom stereocenters. The molecule has 3 heterocycles. The molecule has 2 aromatic heterocycles. The van der Waals surface area contributed by atoms with E-state index in [0.29, 0.717) is 6.04 Å². The summed E-state index contributed by atoms with van der Waals surface area (Å²) in [6.45, 7) is 2.09. The van der Waals surface area contributed by atoms with E-state index in [1.54, 1.807) is 0 Å². The third kappa shape index (κ3) is 2.27. The molecule has 0 aliphatic carbocycles. The van der Waals surface area contributed by atoms with E-state index in [-0.39, 0.29) is 0 Å². The smallest absolute Gasteiger partial charge is 0.141 e. The van der Waals surface area contributed by atoms with Gasteiger partial charge in [-0.1, -0.05) is 0 Å². The summed E-state index contributed by atoms with van der Waals surface area (Å²) in [7, 11) is 4.30. The van der Waals surface area contributed by atoms with Crippen LogP contribution in [0.15, 0.2) is 16.9 Å². The van der Waals surface area contributed by atoms with E-state index in [0.717, 1.165) is 34.3 Å². The summed E-state index contributed by atoms with van der Waals surface area (Å²) in [6.07, 6.45) is 6.12. The van der Waals surface area contributed by atoms with Gasteiger partial charge in [0.05, 0.1) is 21.2 Å². The van der Waals surface area contributed by atoms with Gasteiger partial charge < -0.3 is 20.5 Å². The van der Waals surface area contributed by atoms with Gasteiger partial charge in [0, 0.05) is 31.5 Å². The van der Waals surface area contributed by atoms with Crippen LogP contribution in [0.2, 0.25) is 0 Å². The molecule has 1 aliphatic heterocycles. The van der Waals surface area contributed by atoms with Crippen LogP contribution in [0.1, 0.15) is 12.8 Å². The van der Waals surface area contributed by atoms with Gasteiger partial charge >= 0.3 is 0 Å². The molecule has 20 heavy (non-hydrogen) atoms. The Balaban J connectivity index is 2.04. The number of fused-ring (bicyclic) bond motifs is 1. The number of hydrogen-bond acceptors (Lipinski definition) is 4. The summed E-state index contributed by atoms with van der Waals surface area (Å²) in [5.41, 5.74) is 8.90. The number of anilines is 2. The molecule has 108 valence electrons. The van der Waals surface area contributed by atoms with E-state index in [1.165, 1.54) is 18.5 Å². The van der Waals surface area contributed by atoms with Gasteiger partial charge in [-0.15, -0.1) is 0 Å². The predicted molar refractivity (Wildman–Crippen MR) is 87.1 cm³/mol. The summed E-state index contributed by atoms with van der Waals surface area (Å²) in [6, 6.07) is 0.582. The lowest BCUT2D eigenvalue weighted by molar-refractivity contribution is 0.258. The number of hydrogen-bond donors (Lipinski definition) is 2. The largest absolute Gasteiger partial charge is 0.397 e. The molecule has 0 bridgehead atoms. The minimum atomic E-state index is 0.582. The molecule has 0 spiro atoms. The summed E-state index contributed by atoms with van der Waals surface area (Å²) in [5, 5.41) is 1.03. The number of H-pyrrole nitrogens is 1. The monoisotopic (exact) mass is 337 g/mol. The number of aromatic nitrogens is 2. The zero-order valence-corrected chi connectivity index (χ0v) is 13.4. The number of nitrogens with one attached hydrogen (secondary N) is 1. The van der Waals surface area contributed by atoms with Crippen LogP contribution in [-0.2, 0) is 0 Å². The third-order valence-corrected chi connectivity index (χ3v) is 4.68. The second-order valence-electron chi connectivity index (χ2n) is 5.63. The average molecular weight is 338 g/mol. The van der Waals surface area contributed by atoms with Crippen molar-refractivity contribution in [3.63, 3.8) is 0 Å². The van der Waals surface area contributed by atoms with Crippen molar-refractivity contribution in [1.82, 2.24) is 14.9 Å². The van der Waals surface area contributed by atoms with Gasteiger partial charge in [-0.05, 0) is 42.9 Å². The van der Waals surface area contributed by atoms with Gasteiger partial charge in [0.2, 0.25) is 0 Å². The van der Waals surface area contributed by atoms with Crippen molar-refractivity contribution in [1.29, 1.82) is 0 Å². The van der Waals surface area contributed by atoms with Crippen molar-refractivity contribution in [2.45, 2.75) is 18.9 Å².